The molecule has 1 aliphatic rings. The minimum atomic E-state index is -1.35. The van der Waals surface area contributed by atoms with Crippen LogP contribution in [0, 0.1) is 0 Å². The molecule has 1 aliphatic heterocycles. The van der Waals surface area contributed by atoms with Crippen molar-refractivity contribution in [3.8, 4) is 11.5 Å². The van der Waals surface area contributed by atoms with Gasteiger partial charge >= 0.3 is 5.79 Å². The number of hydrogen-bond donors (Lipinski definition) is 3. The van der Waals surface area contributed by atoms with Crippen LogP contribution in [0.3, 0.4) is 0 Å². The summed E-state index contributed by atoms with van der Waals surface area (Å²) in [5.74, 6) is 3.02. The number of amides is 2. The van der Waals surface area contributed by atoms with Gasteiger partial charge in [0.25, 0.3) is 11.8 Å². The second-order valence-electron chi connectivity index (χ2n) is 7.97. The van der Waals surface area contributed by atoms with Gasteiger partial charge < -0.3 is 9.47 Å². The molecule has 1 heterocycles. The fourth-order valence-electron chi connectivity index (χ4n) is 3.35. The topological polar surface area (TPSA) is 112 Å². The summed E-state index contributed by atoms with van der Waals surface area (Å²) in [5, 5.41) is 0.0213. The van der Waals surface area contributed by atoms with Crippen LogP contribution in [0.5, 0.6) is 11.5 Å². The number of carbonyl (C=O) groups is 2. The van der Waals surface area contributed by atoms with Gasteiger partial charge in [-0.05, 0) is 35.8 Å². The fourth-order valence-corrected chi connectivity index (χ4v) is 4.10. The highest BCUT2D eigenvalue weighted by Crippen LogP contribution is 2.54. The average molecular weight is 547 g/mol. The molecule has 4 rings (SSSR count). The molecule has 0 aromatic heterocycles. The Hall–Kier alpha value is -3.11. The van der Waals surface area contributed by atoms with Crippen LogP contribution in [0.1, 0.15) is 35.3 Å². The Morgan fingerprint density at radius 1 is 0.971 bits per heavy atom. The van der Waals surface area contributed by atoms with E-state index in [-0.39, 0.29) is 16.3 Å². The zero-order valence-electron chi connectivity index (χ0n) is 18.2. The molecule has 0 saturated carbocycles. The Morgan fingerprint density at radius 3 is 2.03 bits per heavy atom. The Morgan fingerprint density at radius 2 is 1.50 bits per heavy atom. The summed E-state index contributed by atoms with van der Waals surface area (Å²) in [6.45, 7) is 2.90. The van der Waals surface area contributed by atoms with Gasteiger partial charge in [0.2, 0.25) is 0 Å². The lowest BCUT2D eigenvalue weighted by atomic mass is 9.97. The smallest absolute Gasteiger partial charge is 0.305 e. The van der Waals surface area contributed by atoms with Gasteiger partial charge in [0.15, 0.2) is 17.1 Å². The lowest BCUT2D eigenvalue weighted by molar-refractivity contribution is -0.144. The molecule has 4 N–H and O–H groups in total. The standard InChI is InChI=1S/C24H21BrClN3O5/c1-23(2,34-27)22(31)29-28-21(30)16-13-17(25)19-20(18(16)26)33-24(32-19,14-9-5-3-6-10-14)15-11-7-4-8-12-15/h3-13H,27H2,1-2H3,(H,28,30)(H,29,31). The first-order chi connectivity index (χ1) is 16.2. The fraction of sp³-hybridized carbons (Fsp3) is 0.167. The van der Waals surface area contributed by atoms with E-state index in [1.807, 2.05) is 60.7 Å². The number of nitrogens with one attached hydrogen (secondary N) is 2. The van der Waals surface area contributed by atoms with Crippen LogP contribution < -0.4 is 26.2 Å². The third-order valence-electron chi connectivity index (χ3n) is 5.30. The second kappa shape index (κ2) is 9.27. The van der Waals surface area contributed by atoms with Gasteiger partial charge in [-0.1, -0.05) is 72.3 Å². The first-order valence-electron chi connectivity index (χ1n) is 10.2. The van der Waals surface area contributed by atoms with E-state index in [1.54, 1.807) is 0 Å². The highest BCUT2D eigenvalue weighted by atomic mass is 79.9. The number of ether oxygens (including phenoxy) is 2. The van der Waals surface area contributed by atoms with Crippen LogP contribution in [0.2, 0.25) is 5.02 Å². The van der Waals surface area contributed by atoms with Crippen LogP contribution in [-0.2, 0) is 15.4 Å². The predicted octanol–water partition coefficient (Wildman–Crippen LogP) is 4.20. The summed E-state index contributed by atoms with van der Waals surface area (Å²) in [7, 11) is 0. The Kier molecular flexibility index (Phi) is 6.55. The molecule has 0 unspecified atom stereocenters. The molecule has 2 amide bonds. The molecule has 10 heteroatoms. The predicted molar refractivity (Wildman–Crippen MR) is 129 cm³/mol. The second-order valence-corrected chi connectivity index (χ2v) is 9.20. The number of hydrogen-bond acceptors (Lipinski definition) is 6. The largest absolute Gasteiger partial charge is 0.439 e. The maximum absolute atomic E-state index is 12.8. The Balaban J connectivity index is 1.70. The quantitative estimate of drug-likeness (QED) is 0.414. The first-order valence-corrected chi connectivity index (χ1v) is 11.4. The van der Waals surface area contributed by atoms with Crippen molar-refractivity contribution < 1.29 is 23.9 Å². The van der Waals surface area contributed by atoms with E-state index in [4.69, 9.17) is 27.0 Å². The van der Waals surface area contributed by atoms with Crippen LogP contribution in [0.4, 0.5) is 0 Å². The zero-order chi connectivity index (χ0) is 24.5. The van der Waals surface area contributed by atoms with E-state index in [2.05, 4.69) is 31.6 Å². The summed E-state index contributed by atoms with van der Waals surface area (Å²) in [6, 6.07) is 20.3. The van der Waals surface area contributed by atoms with E-state index in [0.29, 0.717) is 10.2 Å². The van der Waals surface area contributed by atoms with Crippen LogP contribution in [-0.4, -0.2) is 17.4 Å². The van der Waals surface area contributed by atoms with E-state index in [1.165, 1.54) is 19.9 Å². The zero-order valence-corrected chi connectivity index (χ0v) is 20.6. The van der Waals surface area contributed by atoms with Crippen molar-refractivity contribution in [1.82, 2.24) is 10.9 Å². The van der Waals surface area contributed by atoms with Gasteiger partial charge in [-0.15, -0.1) is 0 Å². The van der Waals surface area contributed by atoms with Gasteiger partial charge in [-0.3, -0.25) is 25.3 Å². The van der Waals surface area contributed by atoms with E-state index in [0.717, 1.165) is 11.1 Å². The number of benzene rings is 3. The maximum atomic E-state index is 12.8. The Bertz CT molecular complexity index is 1200. The minimum Gasteiger partial charge on any atom is -0.439 e. The number of halogens is 2. The van der Waals surface area contributed by atoms with Gasteiger partial charge in [0.05, 0.1) is 15.1 Å². The summed E-state index contributed by atoms with van der Waals surface area (Å²) in [6.07, 6.45) is 0. The third-order valence-corrected chi connectivity index (χ3v) is 6.27. The van der Waals surface area contributed by atoms with Crippen molar-refractivity contribution in [2.24, 2.45) is 5.90 Å². The molecule has 0 radical (unpaired) electrons. The van der Waals surface area contributed by atoms with Gasteiger partial charge in [-0.2, -0.15) is 0 Å². The van der Waals surface area contributed by atoms with Crippen molar-refractivity contribution >= 4 is 39.3 Å². The third kappa shape index (κ3) is 4.23. The molecule has 0 spiro atoms. The molecule has 0 aliphatic carbocycles. The van der Waals surface area contributed by atoms with Crippen LogP contribution in [0.25, 0.3) is 0 Å². The number of hydrazine groups is 1. The van der Waals surface area contributed by atoms with Crippen LogP contribution in [0.15, 0.2) is 71.2 Å². The molecule has 34 heavy (non-hydrogen) atoms. The first kappa shape index (κ1) is 24.0. The molecular weight excluding hydrogens is 526 g/mol. The summed E-state index contributed by atoms with van der Waals surface area (Å²) in [5.41, 5.74) is 4.75. The van der Waals surface area contributed by atoms with Gasteiger partial charge in [0.1, 0.15) is 0 Å². The van der Waals surface area contributed by atoms with Crippen molar-refractivity contribution in [2.75, 3.05) is 0 Å². The van der Waals surface area contributed by atoms with Crippen molar-refractivity contribution in [3.05, 3.63) is 92.9 Å². The number of rotatable bonds is 5. The van der Waals surface area contributed by atoms with Crippen molar-refractivity contribution in [3.63, 3.8) is 0 Å². The average Bonchev–Trinajstić information content (AvgIpc) is 3.29. The van der Waals surface area contributed by atoms with E-state index < -0.39 is 23.2 Å². The summed E-state index contributed by atoms with van der Waals surface area (Å²) >= 11 is 10.1. The molecule has 0 atom stereocenters. The maximum Gasteiger partial charge on any atom is 0.305 e. The normalized spacial score (nSPS) is 13.9. The monoisotopic (exact) mass is 545 g/mol. The lowest BCUT2D eigenvalue weighted by Gasteiger charge is -2.28. The molecule has 3 aromatic carbocycles. The van der Waals surface area contributed by atoms with Crippen molar-refractivity contribution in [1.29, 1.82) is 0 Å². The Labute approximate surface area is 209 Å². The lowest BCUT2D eigenvalue weighted by Crippen LogP contribution is -2.52. The molecule has 0 fully saturated rings. The number of carbonyl (C=O) groups excluding carboxylic acids is 2. The number of nitrogens with two attached hydrogens (primary N) is 1. The SMILES string of the molecule is CC(C)(ON)C(=O)NNC(=O)c1cc(Br)c2c(c1Cl)OC(c1ccccc1)(c1ccccc1)O2. The van der Waals surface area contributed by atoms with Gasteiger partial charge in [-0.25, -0.2) is 5.90 Å². The molecule has 0 saturated heterocycles. The molecule has 176 valence electrons. The summed E-state index contributed by atoms with van der Waals surface area (Å²) in [4.78, 5) is 29.6. The molecule has 3 aromatic rings. The highest BCUT2D eigenvalue weighted by Gasteiger charge is 2.48. The number of fused-ring (bicyclic) bond motifs is 1. The highest BCUT2D eigenvalue weighted by molar-refractivity contribution is 9.10. The minimum absolute atomic E-state index is 0.0213. The van der Waals surface area contributed by atoms with E-state index >= 15 is 0 Å². The van der Waals surface area contributed by atoms with E-state index in [9.17, 15) is 9.59 Å². The molecular formula is C24H21BrClN3O5. The summed E-state index contributed by atoms with van der Waals surface area (Å²) < 4.78 is 13.2. The van der Waals surface area contributed by atoms with Crippen molar-refractivity contribution in [2.45, 2.75) is 25.2 Å². The van der Waals surface area contributed by atoms with Crippen LogP contribution >= 0.6 is 27.5 Å². The molecule has 0 bridgehead atoms. The van der Waals surface area contributed by atoms with Gasteiger partial charge in [0, 0.05) is 11.1 Å². The molecule has 8 nitrogen and oxygen atoms in total.